The first-order valence-electron chi connectivity index (χ1n) is 6.49. The Morgan fingerprint density at radius 2 is 2.10 bits per heavy atom. The topological polar surface area (TPSA) is 37.4 Å². The van der Waals surface area contributed by atoms with Gasteiger partial charge in [0.2, 0.25) is 10.0 Å². The smallest absolute Gasteiger partial charge is 0.207 e. The number of sulfonamides is 1. The first-order chi connectivity index (χ1) is 9.46. The molecule has 0 aromatic heterocycles. The highest BCUT2D eigenvalue weighted by Crippen LogP contribution is 2.31. The molecule has 0 bridgehead atoms. The standard InChI is InChI=1S/C13H16Cl2FNO2S/c14-7-6-11-3-1-2-8-17(11)20(18,19)13-9-10(16)4-5-12(13)15/h4-5,9,11H,1-3,6-8H2. The quantitative estimate of drug-likeness (QED) is 0.785. The van der Waals surface area contributed by atoms with Gasteiger partial charge in [-0.25, -0.2) is 12.8 Å². The molecule has 0 amide bonds. The molecule has 0 spiro atoms. The second-order valence-corrected chi connectivity index (χ2v) is 7.46. The predicted molar refractivity (Wildman–Crippen MR) is 78.3 cm³/mol. The van der Waals surface area contributed by atoms with Gasteiger partial charge >= 0.3 is 0 Å². The van der Waals surface area contributed by atoms with E-state index in [4.69, 9.17) is 23.2 Å². The highest BCUT2D eigenvalue weighted by atomic mass is 35.5. The Morgan fingerprint density at radius 1 is 1.35 bits per heavy atom. The van der Waals surface area contributed by atoms with E-state index in [2.05, 4.69) is 0 Å². The first kappa shape index (κ1) is 16.0. The van der Waals surface area contributed by atoms with Crippen molar-refractivity contribution in [1.82, 2.24) is 4.31 Å². The fraction of sp³-hybridized carbons (Fsp3) is 0.538. The van der Waals surface area contributed by atoms with Crippen molar-refractivity contribution in [2.24, 2.45) is 0 Å². The summed E-state index contributed by atoms with van der Waals surface area (Å²) in [5.41, 5.74) is 0. The number of halogens is 3. The number of piperidine rings is 1. The third-order valence-electron chi connectivity index (χ3n) is 3.50. The van der Waals surface area contributed by atoms with E-state index in [0.717, 1.165) is 31.4 Å². The second kappa shape index (κ2) is 6.60. The average molecular weight is 340 g/mol. The Labute approximate surface area is 128 Å². The van der Waals surface area contributed by atoms with Gasteiger partial charge in [-0.3, -0.25) is 0 Å². The number of rotatable bonds is 4. The summed E-state index contributed by atoms with van der Waals surface area (Å²) in [6, 6.07) is 3.26. The fourth-order valence-electron chi connectivity index (χ4n) is 2.51. The van der Waals surface area contributed by atoms with Crippen LogP contribution < -0.4 is 0 Å². The van der Waals surface area contributed by atoms with E-state index in [1.165, 1.54) is 10.4 Å². The number of hydrogen-bond acceptors (Lipinski definition) is 2. The number of nitrogens with zero attached hydrogens (tertiary/aromatic N) is 1. The minimum atomic E-state index is -3.78. The highest BCUT2D eigenvalue weighted by molar-refractivity contribution is 7.89. The molecule has 0 aliphatic carbocycles. The number of hydrogen-bond donors (Lipinski definition) is 0. The Bertz CT molecular complexity index is 578. The summed E-state index contributed by atoms with van der Waals surface area (Å²) in [5.74, 6) is -0.216. The van der Waals surface area contributed by atoms with Gasteiger partial charge < -0.3 is 0 Å². The van der Waals surface area contributed by atoms with Crippen LogP contribution in [0.5, 0.6) is 0 Å². The zero-order chi connectivity index (χ0) is 14.8. The molecule has 1 aliphatic heterocycles. The molecule has 0 radical (unpaired) electrons. The van der Waals surface area contributed by atoms with Gasteiger partial charge in [-0.2, -0.15) is 4.31 Å². The maximum atomic E-state index is 13.3. The van der Waals surface area contributed by atoms with Crippen LogP contribution in [-0.2, 0) is 10.0 Å². The molecule has 2 rings (SSSR count). The van der Waals surface area contributed by atoms with E-state index in [0.29, 0.717) is 18.8 Å². The minimum absolute atomic E-state index is 0.0431. The van der Waals surface area contributed by atoms with Crippen LogP contribution in [0, 0.1) is 5.82 Å². The summed E-state index contributed by atoms with van der Waals surface area (Å²) >= 11 is 11.7. The zero-order valence-corrected chi connectivity index (χ0v) is 13.2. The monoisotopic (exact) mass is 339 g/mol. The predicted octanol–water partition coefficient (Wildman–Crippen LogP) is 3.65. The molecule has 1 fully saturated rings. The van der Waals surface area contributed by atoms with Crippen molar-refractivity contribution in [2.75, 3.05) is 12.4 Å². The zero-order valence-electron chi connectivity index (χ0n) is 10.9. The van der Waals surface area contributed by atoms with Crippen LogP contribution in [0.1, 0.15) is 25.7 Å². The van der Waals surface area contributed by atoms with Gasteiger partial charge in [0.1, 0.15) is 10.7 Å². The van der Waals surface area contributed by atoms with Crippen LogP contribution in [0.15, 0.2) is 23.1 Å². The van der Waals surface area contributed by atoms with Crippen molar-refractivity contribution in [3.63, 3.8) is 0 Å². The largest absolute Gasteiger partial charge is 0.244 e. The van der Waals surface area contributed by atoms with E-state index >= 15 is 0 Å². The Hall–Kier alpha value is -0.360. The van der Waals surface area contributed by atoms with Gasteiger partial charge in [0.15, 0.2) is 0 Å². The molecule has 112 valence electrons. The molecule has 1 unspecified atom stereocenters. The summed E-state index contributed by atoms with van der Waals surface area (Å²) in [6.45, 7) is 0.427. The van der Waals surface area contributed by atoms with Crippen molar-refractivity contribution >= 4 is 33.2 Å². The van der Waals surface area contributed by atoms with Gasteiger partial charge in [0.05, 0.1) is 5.02 Å². The lowest BCUT2D eigenvalue weighted by Crippen LogP contribution is -2.43. The molecular formula is C13H16Cl2FNO2S. The van der Waals surface area contributed by atoms with E-state index in [-0.39, 0.29) is 16.0 Å². The van der Waals surface area contributed by atoms with Crippen molar-refractivity contribution in [3.05, 3.63) is 29.0 Å². The second-order valence-electron chi connectivity index (χ2n) is 4.82. The van der Waals surface area contributed by atoms with Crippen LogP contribution in [-0.4, -0.2) is 31.2 Å². The molecule has 1 heterocycles. The highest BCUT2D eigenvalue weighted by Gasteiger charge is 2.34. The van der Waals surface area contributed by atoms with Gasteiger partial charge in [0.25, 0.3) is 0 Å². The van der Waals surface area contributed by atoms with Gasteiger partial charge in [-0.05, 0) is 37.5 Å². The fourth-order valence-corrected chi connectivity index (χ4v) is 4.97. The normalized spacial score (nSPS) is 21.1. The summed E-state index contributed by atoms with van der Waals surface area (Å²) in [4.78, 5) is -0.166. The van der Waals surface area contributed by atoms with Crippen molar-refractivity contribution in [1.29, 1.82) is 0 Å². The minimum Gasteiger partial charge on any atom is -0.207 e. The van der Waals surface area contributed by atoms with E-state index in [1.54, 1.807) is 0 Å². The van der Waals surface area contributed by atoms with Crippen LogP contribution in [0.2, 0.25) is 5.02 Å². The van der Waals surface area contributed by atoms with E-state index < -0.39 is 15.8 Å². The third kappa shape index (κ3) is 3.27. The summed E-state index contributed by atoms with van der Waals surface area (Å²) < 4.78 is 40.1. The molecule has 20 heavy (non-hydrogen) atoms. The lowest BCUT2D eigenvalue weighted by molar-refractivity contribution is 0.247. The molecule has 1 aliphatic rings. The Balaban J connectivity index is 2.39. The SMILES string of the molecule is O=S(=O)(c1cc(F)ccc1Cl)N1CCCCC1CCCl. The molecule has 1 saturated heterocycles. The molecule has 1 aromatic carbocycles. The molecule has 7 heteroatoms. The van der Waals surface area contributed by atoms with E-state index in [1.807, 2.05) is 0 Å². The molecule has 3 nitrogen and oxygen atoms in total. The van der Waals surface area contributed by atoms with Crippen molar-refractivity contribution in [2.45, 2.75) is 36.6 Å². The lowest BCUT2D eigenvalue weighted by Gasteiger charge is -2.34. The average Bonchev–Trinajstić information content (AvgIpc) is 2.42. The van der Waals surface area contributed by atoms with Crippen LogP contribution in [0.25, 0.3) is 0 Å². The molecule has 1 atom stereocenters. The van der Waals surface area contributed by atoms with Crippen molar-refractivity contribution in [3.8, 4) is 0 Å². The Morgan fingerprint density at radius 3 is 2.80 bits per heavy atom. The van der Waals surface area contributed by atoms with Crippen molar-refractivity contribution < 1.29 is 12.8 Å². The molecule has 0 saturated carbocycles. The number of alkyl halides is 1. The summed E-state index contributed by atoms with van der Waals surface area (Å²) in [6.07, 6.45) is 3.14. The van der Waals surface area contributed by atoms with Crippen LogP contribution >= 0.6 is 23.2 Å². The number of benzene rings is 1. The molecular weight excluding hydrogens is 324 g/mol. The Kier molecular flexibility index (Phi) is 5.29. The van der Waals surface area contributed by atoms with Crippen LogP contribution in [0.3, 0.4) is 0 Å². The van der Waals surface area contributed by atoms with Gasteiger partial charge in [-0.1, -0.05) is 18.0 Å². The third-order valence-corrected chi connectivity index (χ3v) is 6.15. The van der Waals surface area contributed by atoms with E-state index in [9.17, 15) is 12.8 Å². The maximum absolute atomic E-state index is 13.3. The van der Waals surface area contributed by atoms with Gasteiger partial charge in [0, 0.05) is 18.5 Å². The molecule has 0 N–H and O–H groups in total. The molecule has 1 aromatic rings. The summed E-state index contributed by atoms with van der Waals surface area (Å²) in [7, 11) is -3.78. The summed E-state index contributed by atoms with van der Waals surface area (Å²) in [5, 5.41) is 0.0431. The first-order valence-corrected chi connectivity index (χ1v) is 8.85. The van der Waals surface area contributed by atoms with Gasteiger partial charge in [-0.15, -0.1) is 11.6 Å². The lowest BCUT2D eigenvalue weighted by atomic mass is 10.0. The van der Waals surface area contributed by atoms with Crippen LogP contribution in [0.4, 0.5) is 4.39 Å². The maximum Gasteiger partial charge on any atom is 0.244 e.